The van der Waals surface area contributed by atoms with Crippen LogP contribution in [0, 0.1) is 5.82 Å². The Kier molecular flexibility index (Phi) is 7.14. The van der Waals surface area contributed by atoms with E-state index in [0.29, 0.717) is 40.8 Å². The molecule has 0 radical (unpaired) electrons. The highest BCUT2D eigenvalue weighted by atomic mass is 32.2. The number of benzene rings is 2. The van der Waals surface area contributed by atoms with Crippen LogP contribution in [0.15, 0.2) is 63.8 Å². The van der Waals surface area contributed by atoms with E-state index in [4.69, 9.17) is 0 Å². The number of sulfonamides is 1. The molecule has 10 heteroatoms. The van der Waals surface area contributed by atoms with E-state index in [1.165, 1.54) is 35.6 Å². The van der Waals surface area contributed by atoms with E-state index >= 15 is 0 Å². The molecule has 4 rings (SSSR count). The molecule has 0 bridgehead atoms. The minimum Gasteiger partial charge on any atom is -0.326 e. The van der Waals surface area contributed by atoms with Gasteiger partial charge in [0.15, 0.2) is 0 Å². The lowest BCUT2D eigenvalue weighted by Gasteiger charge is -2.11. The average molecular weight is 487 g/mol. The normalized spacial score (nSPS) is 14.3. The Morgan fingerprint density at radius 2 is 1.94 bits per heavy atom. The minimum atomic E-state index is -3.80. The first-order chi connectivity index (χ1) is 15.9. The topological polar surface area (TPSA) is 101 Å². The SMILES string of the molecule is O=C(Cc1csc(-c2cccc(F)c2)n1)Nc1cccc(S(=O)(=O)NC2=NCCCCC2)c1. The van der Waals surface area contributed by atoms with Crippen molar-refractivity contribution in [3.63, 3.8) is 0 Å². The fraction of sp³-hybridized carbons (Fsp3) is 0.261. The van der Waals surface area contributed by atoms with Crippen molar-refractivity contribution >= 4 is 38.8 Å². The molecule has 0 saturated carbocycles. The summed E-state index contributed by atoms with van der Waals surface area (Å²) < 4.78 is 41.5. The number of thiazole rings is 1. The number of nitrogens with one attached hydrogen (secondary N) is 2. The third kappa shape index (κ3) is 6.23. The van der Waals surface area contributed by atoms with Gasteiger partial charge in [0.1, 0.15) is 16.7 Å². The summed E-state index contributed by atoms with van der Waals surface area (Å²) in [5, 5.41) is 5.09. The number of halogens is 1. The molecular weight excluding hydrogens is 463 g/mol. The van der Waals surface area contributed by atoms with Crippen LogP contribution in [0.1, 0.15) is 31.4 Å². The van der Waals surface area contributed by atoms with Gasteiger partial charge in [-0.25, -0.2) is 17.8 Å². The molecule has 0 fully saturated rings. The molecule has 2 N–H and O–H groups in total. The minimum absolute atomic E-state index is 0.0118. The standard InChI is InChI=1S/C23H23FN4O3S2/c24-17-7-4-6-16(12-17)23-27-19(15-32-23)14-22(29)26-18-8-5-9-20(13-18)33(30,31)28-21-10-2-1-3-11-25-21/h4-9,12-13,15H,1-3,10-11,14H2,(H,25,28)(H,26,29). The maximum atomic E-state index is 13.4. The summed E-state index contributed by atoms with van der Waals surface area (Å²) in [7, 11) is -3.80. The number of amidine groups is 1. The fourth-order valence-electron chi connectivity index (χ4n) is 3.42. The van der Waals surface area contributed by atoms with E-state index in [1.54, 1.807) is 29.6 Å². The van der Waals surface area contributed by atoms with E-state index in [0.717, 1.165) is 19.3 Å². The first kappa shape index (κ1) is 23.1. The number of carbonyl (C=O) groups excluding carboxylic acids is 1. The summed E-state index contributed by atoms with van der Waals surface area (Å²) in [4.78, 5) is 21.3. The lowest BCUT2D eigenvalue weighted by molar-refractivity contribution is -0.115. The molecule has 2 aromatic carbocycles. The summed E-state index contributed by atoms with van der Waals surface area (Å²) in [5.74, 6) is -0.209. The van der Waals surface area contributed by atoms with Crippen LogP contribution >= 0.6 is 11.3 Å². The van der Waals surface area contributed by atoms with Gasteiger partial charge in [-0.05, 0) is 43.2 Å². The molecule has 0 aliphatic carbocycles. The van der Waals surface area contributed by atoms with Crippen molar-refractivity contribution in [2.75, 3.05) is 11.9 Å². The van der Waals surface area contributed by atoms with Crippen molar-refractivity contribution in [2.24, 2.45) is 4.99 Å². The number of rotatable bonds is 6. The molecule has 3 aromatic rings. The maximum Gasteiger partial charge on any atom is 0.262 e. The van der Waals surface area contributed by atoms with Gasteiger partial charge in [-0.1, -0.05) is 24.6 Å². The van der Waals surface area contributed by atoms with Gasteiger partial charge in [0.2, 0.25) is 5.91 Å². The maximum absolute atomic E-state index is 13.4. The molecule has 7 nitrogen and oxygen atoms in total. The predicted octanol–water partition coefficient (Wildman–Crippen LogP) is 4.38. The average Bonchev–Trinajstić information content (AvgIpc) is 3.09. The molecule has 0 spiro atoms. The quantitative estimate of drug-likeness (QED) is 0.540. The van der Waals surface area contributed by atoms with Crippen molar-refractivity contribution in [3.8, 4) is 10.6 Å². The molecule has 2 heterocycles. The Morgan fingerprint density at radius 3 is 2.79 bits per heavy atom. The van der Waals surface area contributed by atoms with Gasteiger partial charge in [-0.15, -0.1) is 11.3 Å². The number of aliphatic imine (C=N–C) groups is 1. The Hall–Kier alpha value is -3.11. The number of anilines is 1. The lowest BCUT2D eigenvalue weighted by Crippen LogP contribution is -2.30. The Balaban J connectivity index is 1.41. The van der Waals surface area contributed by atoms with E-state index < -0.39 is 10.0 Å². The molecule has 1 aliphatic heterocycles. The van der Waals surface area contributed by atoms with Gasteiger partial charge in [-0.2, -0.15) is 0 Å². The van der Waals surface area contributed by atoms with Gasteiger partial charge in [-0.3, -0.25) is 14.5 Å². The van der Waals surface area contributed by atoms with Crippen LogP contribution in [0.4, 0.5) is 10.1 Å². The number of hydrogen-bond acceptors (Lipinski definition) is 6. The molecule has 0 unspecified atom stereocenters. The van der Waals surface area contributed by atoms with Gasteiger partial charge < -0.3 is 5.32 Å². The van der Waals surface area contributed by atoms with E-state index in [2.05, 4.69) is 20.0 Å². The van der Waals surface area contributed by atoms with Gasteiger partial charge in [0.25, 0.3) is 10.0 Å². The van der Waals surface area contributed by atoms with Crippen LogP contribution < -0.4 is 10.0 Å². The largest absolute Gasteiger partial charge is 0.326 e. The summed E-state index contributed by atoms with van der Waals surface area (Å²) in [6.45, 7) is 0.617. The highest BCUT2D eigenvalue weighted by molar-refractivity contribution is 7.90. The van der Waals surface area contributed by atoms with Crippen LogP contribution in [-0.2, 0) is 21.2 Å². The van der Waals surface area contributed by atoms with Crippen LogP contribution in [0.25, 0.3) is 10.6 Å². The van der Waals surface area contributed by atoms with Gasteiger partial charge in [0, 0.05) is 29.6 Å². The molecule has 0 atom stereocenters. The zero-order valence-electron chi connectivity index (χ0n) is 17.8. The van der Waals surface area contributed by atoms with Crippen LogP contribution in [0.2, 0.25) is 0 Å². The Bertz CT molecular complexity index is 1290. The van der Waals surface area contributed by atoms with Crippen molar-refractivity contribution in [3.05, 3.63) is 65.4 Å². The molecular formula is C23H23FN4O3S2. The van der Waals surface area contributed by atoms with E-state index in [1.807, 2.05) is 0 Å². The number of aromatic nitrogens is 1. The third-order valence-corrected chi connectivity index (χ3v) is 7.34. The summed E-state index contributed by atoms with van der Waals surface area (Å²) in [6.07, 6.45) is 3.49. The van der Waals surface area contributed by atoms with Crippen molar-refractivity contribution in [1.82, 2.24) is 9.71 Å². The fourth-order valence-corrected chi connectivity index (χ4v) is 5.38. The van der Waals surface area contributed by atoms with Crippen molar-refractivity contribution < 1.29 is 17.6 Å². The number of carbonyl (C=O) groups is 1. The zero-order chi connectivity index (χ0) is 23.3. The van der Waals surface area contributed by atoms with Crippen LogP contribution in [-0.4, -0.2) is 31.7 Å². The third-order valence-electron chi connectivity index (χ3n) is 5.02. The Morgan fingerprint density at radius 1 is 1.09 bits per heavy atom. The molecule has 172 valence electrons. The predicted molar refractivity (Wildman–Crippen MR) is 127 cm³/mol. The number of amides is 1. The second-order valence-electron chi connectivity index (χ2n) is 7.65. The van der Waals surface area contributed by atoms with Crippen molar-refractivity contribution in [2.45, 2.75) is 37.0 Å². The van der Waals surface area contributed by atoms with E-state index in [9.17, 15) is 17.6 Å². The second kappa shape index (κ2) is 10.2. The smallest absolute Gasteiger partial charge is 0.262 e. The van der Waals surface area contributed by atoms with Gasteiger partial charge >= 0.3 is 0 Å². The summed E-state index contributed by atoms with van der Waals surface area (Å²) in [5.41, 5.74) is 1.56. The summed E-state index contributed by atoms with van der Waals surface area (Å²) in [6, 6.07) is 12.2. The first-order valence-corrected chi connectivity index (χ1v) is 12.9. The molecule has 33 heavy (non-hydrogen) atoms. The van der Waals surface area contributed by atoms with E-state index in [-0.39, 0.29) is 23.0 Å². The molecule has 0 saturated heterocycles. The number of nitrogens with zero attached hydrogens (tertiary/aromatic N) is 2. The Labute approximate surface area is 195 Å². The highest BCUT2D eigenvalue weighted by Crippen LogP contribution is 2.25. The molecule has 1 aliphatic rings. The molecule has 1 amide bonds. The monoisotopic (exact) mass is 486 g/mol. The van der Waals surface area contributed by atoms with Crippen molar-refractivity contribution in [1.29, 1.82) is 0 Å². The summed E-state index contributed by atoms with van der Waals surface area (Å²) >= 11 is 1.33. The van der Waals surface area contributed by atoms with Gasteiger partial charge in [0.05, 0.1) is 17.0 Å². The lowest BCUT2D eigenvalue weighted by atomic mass is 10.2. The first-order valence-electron chi connectivity index (χ1n) is 10.6. The second-order valence-corrected chi connectivity index (χ2v) is 10.2. The number of hydrogen-bond donors (Lipinski definition) is 2. The highest BCUT2D eigenvalue weighted by Gasteiger charge is 2.18. The van der Waals surface area contributed by atoms with Crippen LogP contribution in [0.5, 0.6) is 0 Å². The zero-order valence-corrected chi connectivity index (χ0v) is 19.4. The van der Waals surface area contributed by atoms with Crippen LogP contribution in [0.3, 0.4) is 0 Å². The molecule has 1 aromatic heterocycles.